The van der Waals surface area contributed by atoms with E-state index in [1.54, 1.807) is 13.3 Å². The van der Waals surface area contributed by atoms with Gasteiger partial charge in [0.15, 0.2) is 0 Å². The van der Waals surface area contributed by atoms with Crippen molar-refractivity contribution in [2.75, 3.05) is 31.4 Å². The van der Waals surface area contributed by atoms with Gasteiger partial charge in [0.05, 0.1) is 12.8 Å². The van der Waals surface area contributed by atoms with Crippen LogP contribution in [0.1, 0.15) is 44.9 Å². The standard InChI is InChI=1S/C16H27N3O/c1-19(2)14-11-12-17-16(20-3)15(14)18-13-9-7-5-4-6-8-10-13/h11-13,18H,4-10H2,1-3H3. The number of anilines is 2. The highest BCUT2D eigenvalue weighted by atomic mass is 16.5. The molecular weight excluding hydrogens is 250 g/mol. The summed E-state index contributed by atoms with van der Waals surface area (Å²) < 4.78 is 5.43. The quantitative estimate of drug-likeness (QED) is 0.911. The summed E-state index contributed by atoms with van der Waals surface area (Å²) in [7, 11) is 5.79. The monoisotopic (exact) mass is 277 g/mol. The van der Waals surface area contributed by atoms with Gasteiger partial charge in [-0.25, -0.2) is 4.98 Å². The molecule has 0 saturated heterocycles. The largest absolute Gasteiger partial charge is 0.479 e. The molecule has 4 nitrogen and oxygen atoms in total. The first-order valence-electron chi connectivity index (χ1n) is 7.69. The molecule has 1 aromatic heterocycles. The van der Waals surface area contributed by atoms with Crippen LogP contribution in [0.2, 0.25) is 0 Å². The van der Waals surface area contributed by atoms with Gasteiger partial charge in [-0.3, -0.25) is 0 Å². The lowest BCUT2D eigenvalue weighted by Crippen LogP contribution is -2.23. The average Bonchev–Trinajstić information content (AvgIpc) is 2.41. The van der Waals surface area contributed by atoms with Crippen LogP contribution in [0.5, 0.6) is 5.88 Å². The molecule has 0 atom stereocenters. The number of hydrogen-bond acceptors (Lipinski definition) is 4. The third-order valence-electron chi connectivity index (χ3n) is 4.02. The fourth-order valence-electron chi connectivity index (χ4n) is 2.90. The maximum atomic E-state index is 5.43. The van der Waals surface area contributed by atoms with Crippen molar-refractivity contribution in [2.24, 2.45) is 0 Å². The van der Waals surface area contributed by atoms with Crippen LogP contribution in [-0.4, -0.2) is 32.2 Å². The van der Waals surface area contributed by atoms with E-state index in [0.717, 1.165) is 11.4 Å². The van der Waals surface area contributed by atoms with Crippen molar-refractivity contribution in [1.82, 2.24) is 4.98 Å². The Balaban J connectivity index is 2.17. The Hall–Kier alpha value is -1.45. The zero-order valence-electron chi connectivity index (χ0n) is 13.0. The van der Waals surface area contributed by atoms with Gasteiger partial charge in [0.1, 0.15) is 5.69 Å². The molecule has 0 radical (unpaired) electrons. The minimum Gasteiger partial charge on any atom is -0.479 e. The second kappa shape index (κ2) is 7.36. The highest BCUT2D eigenvalue weighted by molar-refractivity contribution is 5.74. The molecule has 112 valence electrons. The molecular formula is C16H27N3O. The minimum atomic E-state index is 0.534. The molecule has 1 saturated carbocycles. The second-order valence-electron chi connectivity index (χ2n) is 5.80. The van der Waals surface area contributed by atoms with Gasteiger partial charge in [-0.1, -0.05) is 32.1 Å². The van der Waals surface area contributed by atoms with Gasteiger partial charge in [0.25, 0.3) is 0 Å². The lowest BCUT2D eigenvalue weighted by atomic mass is 9.96. The lowest BCUT2D eigenvalue weighted by Gasteiger charge is -2.26. The normalized spacial score (nSPS) is 17.1. The maximum absolute atomic E-state index is 5.43. The van der Waals surface area contributed by atoms with Crippen molar-refractivity contribution in [1.29, 1.82) is 0 Å². The number of ether oxygens (including phenoxy) is 1. The number of nitrogens with zero attached hydrogens (tertiary/aromatic N) is 2. The van der Waals surface area contributed by atoms with E-state index in [-0.39, 0.29) is 0 Å². The molecule has 1 aliphatic rings. The van der Waals surface area contributed by atoms with Crippen molar-refractivity contribution < 1.29 is 4.74 Å². The molecule has 20 heavy (non-hydrogen) atoms. The first-order valence-corrected chi connectivity index (χ1v) is 7.69. The van der Waals surface area contributed by atoms with Gasteiger partial charge in [0, 0.05) is 26.3 Å². The Labute approximate surface area is 122 Å². The molecule has 0 bridgehead atoms. The van der Waals surface area contributed by atoms with Crippen LogP contribution in [0.4, 0.5) is 11.4 Å². The molecule has 0 unspecified atom stereocenters. The molecule has 1 N–H and O–H groups in total. The molecule has 4 heteroatoms. The summed E-state index contributed by atoms with van der Waals surface area (Å²) in [5, 5.41) is 3.69. The van der Waals surface area contributed by atoms with Crippen LogP contribution in [0.15, 0.2) is 12.3 Å². The first kappa shape index (κ1) is 14.9. The molecule has 0 aliphatic heterocycles. The summed E-state index contributed by atoms with van der Waals surface area (Å²) in [6.07, 6.45) is 11.0. The van der Waals surface area contributed by atoms with Gasteiger partial charge in [-0.2, -0.15) is 0 Å². The molecule has 0 amide bonds. The van der Waals surface area contributed by atoms with Crippen molar-refractivity contribution >= 4 is 11.4 Å². The highest BCUT2D eigenvalue weighted by Crippen LogP contribution is 2.34. The minimum absolute atomic E-state index is 0.534. The second-order valence-corrected chi connectivity index (χ2v) is 5.80. The molecule has 1 aromatic rings. The van der Waals surface area contributed by atoms with E-state index in [1.165, 1.54) is 44.9 Å². The van der Waals surface area contributed by atoms with E-state index in [1.807, 2.05) is 6.07 Å². The van der Waals surface area contributed by atoms with E-state index >= 15 is 0 Å². The Kier molecular flexibility index (Phi) is 5.50. The summed E-state index contributed by atoms with van der Waals surface area (Å²) in [5.74, 6) is 0.693. The SMILES string of the molecule is COc1nccc(N(C)C)c1NC1CCCCCCC1. The van der Waals surface area contributed by atoms with Crippen LogP contribution in [-0.2, 0) is 0 Å². The first-order chi connectivity index (χ1) is 9.72. The summed E-state index contributed by atoms with van der Waals surface area (Å²) >= 11 is 0. The average molecular weight is 277 g/mol. The number of aromatic nitrogens is 1. The number of nitrogens with one attached hydrogen (secondary N) is 1. The fourth-order valence-corrected chi connectivity index (χ4v) is 2.90. The molecule has 1 fully saturated rings. The molecule has 2 rings (SSSR count). The Bertz CT molecular complexity index is 412. The molecule has 0 spiro atoms. The van der Waals surface area contributed by atoms with Crippen molar-refractivity contribution in [3.8, 4) is 5.88 Å². The molecule has 1 heterocycles. The molecule has 1 aliphatic carbocycles. The van der Waals surface area contributed by atoms with Gasteiger partial charge in [-0.15, -0.1) is 0 Å². The van der Waals surface area contributed by atoms with Gasteiger partial charge in [-0.05, 0) is 18.9 Å². The van der Waals surface area contributed by atoms with E-state index in [9.17, 15) is 0 Å². The zero-order valence-corrected chi connectivity index (χ0v) is 13.0. The number of methoxy groups -OCH3 is 1. The highest BCUT2D eigenvalue weighted by Gasteiger charge is 2.17. The van der Waals surface area contributed by atoms with Crippen LogP contribution in [0.3, 0.4) is 0 Å². The topological polar surface area (TPSA) is 37.4 Å². The Morgan fingerprint density at radius 1 is 1.15 bits per heavy atom. The third-order valence-corrected chi connectivity index (χ3v) is 4.02. The fraction of sp³-hybridized carbons (Fsp3) is 0.688. The van der Waals surface area contributed by atoms with Crippen molar-refractivity contribution in [2.45, 2.75) is 51.0 Å². The van der Waals surface area contributed by atoms with Crippen molar-refractivity contribution in [3.63, 3.8) is 0 Å². The Morgan fingerprint density at radius 2 is 1.80 bits per heavy atom. The zero-order chi connectivity index (χ0) is 14.4. The maximum Gasteiger partial charge on any atom is 0.239 e. The van der Waals surface area contributed by atoms with Crippen LogP contribution < -0.4 is 15.0 Å². The van der Waals surface area contributed by atoms with Crippen LogP contribution >= 0.6 is 0 Å². The smallest absolute Gasteiger partial charge is 0.239 e. The van der Waals surface area contributed by atoms with Crippen LogP contribution in [0.25, 0.3) is 0 Å². The van der Waals surface area contributed by atoms with Gasteiger partial charge < -0.3 is 15.0 Å². The summed E-state index contributed by atoms with van der Waals surface area (Å²) in [6.45, 7) is 0. The van der Waals surface area contributed by atoms with E-state index in [2.05, 4.69) is 29.3 Å². The number of pyridine rings is 1. The van der Waals surface area contributed by atoms with E-state index in [4.69, 9.17) is 4.74 Å². The van der Waals surface area contributed by atoms with Gasteiger partial charge >= 0.3 is 0 Å². The predicted octanol–water partition coefficient (Wildman–Crippen LogP) is 3.68. The summed E-state index contributed by atoms with van der Waals surface area (Å²) in [6, 6.07) is 2.57. The Morgan fingerprint density at radius 3 is 2.40 bits per heavy atom. The van der Waals surface area contributed by atoms with Gasteiger partial charge in [0.2, 0.25) is 5.88 Å². The van der Waals surface area contributed by atoms with E-state index < -0.39 is 0 Å². The van der Waals surface area contributed by atoms with Crippen LogP contribution in [0, 0.1) is 0 Å². The van der Waals surface area contributed by atoms with Crippen molar-refractivity contribution in [3.05, 3.63) is 12.3 Å². The lowest BCUT2D eigenvalue weighted by molar-refractivity contribution is 0.398. The molecule has 0 aromatic carbocycles. The predicted molar refractivity (Wildman–Crippen MR) is 84.8 cm³/mol. The number of hydrogen-bond donors (Lipinski definition) is 1. The summed E-state index contributed by atoms with van der Waals surface area (Å²) in [4.78, 5) is 6.44. The summed E-state index contributed by atoms with van der Waals surface area (Å²) in [5.41, 5.74) is 2.17. The third kappa shape index (κ3) is 3.78. The number of rotatable bonds is 4. The van der Waals surface area contributed by atoms with E-state index in [0.29, 0.717) is 11.9 Å².